The summed E-state index contributed by atoms with van der Waals surface area (Å²) in [6, 6.07) is 17.5. The SMILES string of the molecule is COc1ccc(SNCc2ccccc2-c2sc(Cl)cc2O)cc1. The second kappa shape index (κ2) is 7.94. The van der Waals surface area contributed by atoms with Gasteiger partial charge in [0.1, 0.15) is 11.5 Å². The Morgan fingerprint density at radius 3 is 2.58 bits per heavy atom. The van der Waals surface area contributed by atoms with E-state index >= 15 is 0 Å². The molecule has 0 aliphatic carbocycles. The van der Waals surface area contributed by atoms with E-state index in [4.69, 9.17) is 16.3 Å². The summed E-state index contributed by atoms with van der Waals surface area (Å²) in [6.45, 7) is 0.668. The lowest BCUT2D eigenvalue weighted by atomic mass is 10.1. The van der Waals surface area contributed by atoms with Gasteiger partial charge < -0.3 is 9.84 Å². The van der Waals surface area contributed by atoms with Gasteiger partial charge in [-0.05, 0) is 47.3 Å². The Kier molecular flexibility index (Phi) is 5.68. The van der Waals surface area contributed by atoms with E-state index in [1.165, 1.54) is 11.3 Å². The summed E-state index contributed by atoms with van der Waals surface area (Å²) >= 11 is 8.95. The number of ether oxygens (including phenoxy) is 1. The monoisotopic (exact) mass is 377 g/mol. The number of hydrogen-bond donors (Lipinski definition) is 2. The van der Waals surface area contributed by atoms with Gasteiger partial charge in [-0.1, -0.05) is 35.9 Å². The van der Waals surface area contributed by atoms with Crippen molar-refractivity contribution >= 4 is 34.9 Å². The number of benzene rings is 2. The number of hydrogen-bond acceptors (Lipinski definition) is 5. The zero-order chi connectivity index (χ0) is 16.9. The van der Waals surface area contributed by atoms with Crippen LogP contribution in [0, 0.1) is 0 Å². The molecule has 0 amide bonds. The van der Waals surface area contributed by atoms with Gasteiger partial charge >= 0.3 is 0 Å². The first-order valence-corrected chi connectivity index (χ1v) is 9.29. The minimum absolute atomic E-state index is 0.222. The molecule has 124 valence electrons. The van der Waals surface area contributed by atoms with E-state index in [-0.39, 0.29) is 5.75 Å². The molecule has 0 saturated heterocycles. The molecule has 0 unspecified atom stereocenters. The Morgan fingerprint density at radius 2 is 1.92 bits per heavy atom. The van der Waals surface area contributed by atoms with Gasteiger partial charge in [0.15, 0.2) is 0 Å². The van der Waals surface area contributed by atoms with E-state index in [1.54, 1.807) is 25.1 Å². The number of thiophene rings is 1. The molecule has 2 aromatic carbocycles. The van der Waals surface area contributed by atoms with Crippen LogP contribution in [0.5, 0.6) is 11.5 Å². The minimum Gasteiger partial charge on any atom is -0.506 e. The van der Waals surface area contributed by atoms with Crippen LogP contribution < -0.4 is 9.46 Å². The molecule has 3 aromatic rings. The molecule has 0 fully saturated rings. The quantitative estimate of drug-likeness (QED) is 0.550. The van der Waals surface area contributed by atoms with Gasteiger partial charge in [0.2, 0.25) is 0 Å². The number of aromatic hydroxyl groups is 1. The van der Waals surface area contributed by atoms with Crippen LogP contribution in [-0.2, 0) is 6.54 Å². The van der Waals surface area contributed by atoms with Crippen molar-refractivity contribution in [2.24, 2.45) is 0 Å². The molecule has 0 atom stereocenters. The summed E-state index contributed by atoms with van der Waals surface area (Å²) in [5.41, 5.74) is 2.10. The fourth-order valence-corrected chi connectivity index (χ4v) is 4.12. The highest BCUT2D eigenvalue weighted by Gasteiger charge is 2.12. The van der Waals surface area contributed by atoms with Gasteiger partial charge in [-0.3, -0.25) is 4.72 Å². The topological polar surface area (TPSA) is 41.5 Å². The number of rotatable bonds is 6. The van der Waals surface area contributed by atoms with E-state index in [9.17, 15) is 5.11 Å². The summed E-state index contributed by atoms with van der Waals surface area (Å²) in [6.07, 6.45) is 0. The first kappa shape index (κ1) is 17.2. The molecular weight excluding hydrogens is 362 g/mol. The molecule has 2 N–H and O–H groups in total. The number of methoxy groups -OCH3 is 1. The highest BCUT2D eigenvalue weighted by Crippen LogP contribution is 2.41. The molecule has 0 spiro atoms. The van der Waals surface area contributed by atoms with Crippen molar-refractivity contribution in [2.75, 3.05) is 7.11 Å². The molecule has 0 aliphatic rings. The van der Waals surface area contributed by atoms with Crippen molar-refractivity contribution in [3.05, 3.63) is 64.5 Å². The molecule has 0 bridgehead atoms. The highest BCUT2D eigenvalue weighted by molar-refractivity contribution is 7.97. The van der Waals surface area contributed by atoms with Crippen molar-refractivity contribution < 1.29 is 9.84 Å². The Labute approximate surface area is 154 Å². The van der Waals surface area contributed by atoms with Crippen LogP contribution in [0.25, 0.3) is 10.4 Å². The van der Waals surface area contributed by atoms with E-state index in [2.05, 4.69) is 4.72 Å². The predicted octanol–water partition coefficient (Wildman–Crippen LogP) is 5.58. The van der Waals surface area contributed by atoms with Gasteiger partial charge in [-0.25, -0.2) is 0 Å². The van der Waals surface area contributed by atoms with Crippen LogP contribution in [-0.4, -0.2) is 12.2 Å². The van der Waals surface area contributed by atoms with E-state index < -0.39 is 0 Å². The largest absolute Gasteiger partial charge is 0.506 e. The fraction of sp³-hybridized carbons (Fsp3) is 0.111. The lowest BCUT2D eigenvalue weighted by Gasteiger charge is -2.10. The normalized spacial score (nSPS) is 10.8. The van der Waals surface area contributed by atoms with Gasteiger partial charge in [0.25, 0.3) is 0 Å². The lowest BCUT2D eigenvalue weighted by Crippen LogP contribution is -2.04. The Balaban J connectivity index is 1.70. The van der Waals surface area contributed by atoms with Crippen molar-refractivity contribution in [1.82, 2.24) is 4.72 Å². The molecule has 0 aliphatic heterocycles. The van der Waals surface area contributed by atoms with Crippen molar-refractivity contribution in [3.63, 3.8) is 0 Å². The zero-order valence-electron chi connectivity index (χ0n) is 13.0. The van der Waals surface area contributed by atoms with Gasteiger partial charge in [0, 0.05) is 17.5 Å². The molecule has 1 aromatic heterocycles. The van der Waals surface area contributed by atoms with Crippen LogP contribution in [0.15, 0.2) is 59.5 Å². The second-order valence-electron chi connectivity index (χ2n) is 5.02. The van der Waals surface area contributed by atoms with Crippen molar-refractivity contribution in [1.29, 1.82) is 0 Å². The van der Waals surface area contributed by atoms with Crippen LogP contribution >= 0.6 is 34.9 Å². The molecule has 24 heavy (non-hydrogen) atoms. The van der Waals surface area contributed by atoms with Crippen LogP contribution in [0.3, 0.4) is 0 Å². The Morgan fingerprint density at radius 1 is 1.17 bits per heavy atom. The average molecular weight is 378 g/mol. The van der Waals surface area contributed by atoms with Crippen LogP contribution in [0.1, 0.15) is 5.56 Å². The zero-order valence-corrected chi connectivity index (χ0v) is 15.3. The first-order chi connectivity index (χ1) is 11.7. The third-order valence-corrected chi connectivity index (χ3v) is 5.54. The van der Waals surface area contributed by atoms with E-state index in [1.807, 2.05) is 48.5 Å². The van der Waals surface area contributed by atoms with Crippen LogP contribution in [0.2, 0.25) is 4.34 Å². The first-order valence-electron chi connectivity index (χ1n) is 7.27. The van der Waals surface area contributed by atoms with Gasteiger partial charge in [-0.15, -0.1) is 11.3 Å². The average Bonchev–Trinajstić information content (AvgIpc) is 2.94. The molecular formula is C18H16ClNO2S2. The molecule has 0 saturated carbocycles. The third-order valence-electron chi connectivity index (χ3n) is 3.46. The van der Waals surface area contributed by atoms with Crippen LogP contribution in [0.4, 0.5) is 0 Å². The van der Waals surface area contributed by atoms with E-state index in [0.29, 0.717) is 10.9 Å². The highest BCUT2D eigenvalue weighted by atomic mass is 35.5. The molecule has 1 heterocycles. The fourth-order valence-electron chi connectivity index (χ4n) is 2.28. The van der Waals surface area contributed by atoms with Crippen molar-refractivity contribution in [2.45, 2.75) is 11.4 Å². The molecule has 3 nitrogen and oxygen atoms in total. The van der Waals surface area contributed by atoms with E-state index in [0.717, 1.165) is 26.6 Å². The summed E-state index contributed by atoms with van der Waals surface area (Å²) in [5.74, 6) is 1.06. The summed E-state index contributed by atoms with van der Waals surface area (Å²) in [7, 11) is 1.66. The summed E-state index contributed by atoms with van der Waals surface area (Å²) in [5, 5.41) is 10.1. The minimum atomic E-state index is 0.222. The van der Waals surface area contributed by atoms with Gasteiger partial charge in [0.05, 0.1) is 16.3 Å². The Hall–Kier alpha value is -1.66. The number of nitrogens with one attached hydrogen (secondary N) is 1. The predicted molar refractivity (Wildman–Crippen MR) is 102 cm³/mol. The molecule has 0 radical (unpaired) electrons. The maximum absolute atomic E-state index is 10.1. The van der Waals surface area contributed by atoms with Crippen molar-refractivity contribution in [3.8, 4) is 21.9 Å². The summed E-state index contributed by atoms with van der Waals surface area (Å²) < 4.78 is 9.10. The Bertz CT molecular complexity index is 818. The standard InChI is InChI=1S/C18H16ClNO2S2/c1-22-13-6-8-14(9-7-13)24-20-11-12-4-2-3-5-15(12)18-16(21)10-17(19)23-18/h2-10,20-21H,11H2,1H3. The third kappa shape index (κ3) is 4.05. The maximum Gasteiger partial charge on any atom is 0.135 e. The second-order valence-corrected chi connectivity index (χ2v) is 7.67. The summed E-state index contributed by atoms with van der Waals surface area (Å²) in [4.78, 5) is 1.90. The maximum atomic E-state index is 10.1. The molecule has 3 rings (SSSR count). The number of halogens is 1. The smallest absolute Gasteiger partial charge is 0.135 e. The molecule has 6 heteroatoms. The van der Waals surface area contributed by atoms with Gasteiger partial charge in [-0.2, -0.15) is 0 Å². The lowest BCUT2D eigenvalue weighted by molar-refractivity contribution is 0.414.